The smallest absolute Gasteiger partial charge is 0.276 e. The van der Waals surface area contributed by atoms with Gasteiger partial charge in [-0.25, -0.2) is 9.97 Å². The van der Waals surface area contributed by atoms with Gasteiger partial charge in [-0.3, -0.25) is 4.79 Å². The van der Waals surface area contributed by atoms with Crippen LogP contribution in [0.1, 0.15) is 36.5 Å². The van der Waals surface area contributed by atoms with E-state index in [0.717, 1.165) is 19.5 Å². The first-order valence-electron chi connectivity index (χ1n) is 7.08. The number of carbonyl (C=O) groups excluding carboxylic acids is 1. The molecule has 1 aliphatic heterocycles. The van der Waals surface area contributed by atoms with Gasteiger partial charge in [0.15, 0.2) is 11.4 Å². The van der Waals surface area contributed by atoms with Crippen LogP contribution >= 0.6 is 0 Å². The SMILES string of the molecule is CC.Cc1ncnc(C(=O)N2CCCN(C)CC2)c1O. The minimum absolute atomic E-state index is 0.104. The third-order valence-corrected chi connectivity index (χ3v) is 3.21. The van der Waals surface area contributed by atoms with Crippen molar-refractivity contribution >= 4 is 5.91 Å². The Morgan fingerprint density at radius 1 is 1.20 bits per heavy atom. The Bertz CT molecular complexity index is 451. The van der Waals surface area contributed by atoms with Crippen molar-refractivity contribution < 1.29 is 9.90 Å². The second-order valence-electron chi connectivity index (χ2n) is 4.61. The molecule has 0 spiro atoms. The molecule has 0 bridgehead atoms. The van der Waals surface area contributed by atoms with Gasteiger partial charge in [0.05, 0.1) is 5.69 Å². The molecule has 0 atom stereocenters. The summed E-state index contributed by atoms with van der Waals surface area (Å²) >= 11 is 0. The lowest BCUT2D eigenvalue weighted by Gasteiger charge is -2.20. The zero-order valence-electron chi connectivity index (χ0n) is 12.8. The maximum Gasteiger partial charge on any atom is 0.276 e. The predicted octanol–water partition coefficient (Wildman–Crippen LogP) is 1.29. The molecule has 112 valence electrons. The first-order valence-corrected chi connectivity index (χ1v) is 7.08. The van der Waals surface area contributed by atoms with Gasteiger partial charge in [-0.2, -0.15) is 0 Å². The van der Waals surface area contributed by atoms with Crippen LogP contribution < -0.4 is 0 Å². The quantitative estimate of drug-likeness (QED) is 0.839. The monoisotopic (exact) mass is 280 g/mol. The standard InChI is InChI=1S/C12H18N4O2.C2H6/c1-9-11(17)10(14-8-13-9)12(18)16-5-3-4-15(2)6-7-16;1-2/h8,17H,3-7H2,1-2H3;1-2H3. The van der Waals surface area contributed by atoms with E-state index in [0.29, 0.717) is 18.8 Å². The number of aromatic nitrogens is 2. The highest BCUT2D eigenvalue weighted by Crippen LogP contribution is 2.19. The fourth-order valence-electron chi connectivity index (χ4n) is 2.02. The van der Waals surface area contributed by atoms with Gasteiger partial charge in [-0.15, -0.1) is 0 Å². The molecule has 20 heavy (non-hydrogen) atoms. The molecule has 0 radical (unpaired) electrons. The van der Waals surface area contributed by atoms with Crippen molar-refractivity contribution in [2.75, 3.05) is 33.2 Å². The summed E-state index contributed by atoms with van der Waals surface area (Å²) in [6.45, 7) is 8.85. The van der Waals surface area contributed by atoms with Gasteiger partial charge in [0.1, 0.15) is 6.33 Å². The Labute approximate surface area is 120 Å². The van der Waals surface area contributed by atoms with Crippen LogP contribution in [-0.2, 0) is 0 Å². The number of nitrogens with zero attached hydrogens (tertiary/aromatic N) is 4. The Balaban J connectivity index is 0.000000956. The van der Waals surface area contributed by atoms with Crippen molar-refractivity contribution in [3.8, 4) is 5.75 Å². The van der Waals surface area contributed by atoms with Gasteiger partial charge >= 0.3 is 0 Å². The molecule has 0 aromatic carbocycles. The Hall–Kier alpha value is -1.69. The van der Waals surface area contributed by atoms with E-state index in [9.17, 15) is 9.90 Å². The Kier molecular flexibility index (Phi) is 6.38. The van der Waals surface area contributed by atoms with Crippen LogP contribution in [0.2, 0.25) is 0 Å². The average molecular weight is 280 g/mol. The zero-order valence-corrected chi connectivity index (χ0v) is 12.8. The molecule has 1 aromatic heterocycles. The molecule has 2 rings (SSSR count). The molecule has 0 aliphatic carbocycles. The molecule has 1 fully saturated rings. The van der Waals surface area contributed by atoms with Crippen molar-refractivity contribution in [1.29, 1.82) is 0 Å². The summed E-state index contributed by atoms with van der Waals surface area (Å²) in [4.78, 5) is 24.0. The molecule has 2 heterocycles. The first-order chi connectivity index (χ1) is 9.59. The van der Waals surface area contributed by atoms with Crippen LogP contribution in [0.5, 0.6) is 5.75 Å². The van der Waals surface area contributed by atoms with Crippen molar-refractivity contribution in [3.05, 3.63) is 17.7 Å². The highest BCUT2D eigenvalue weighted by Gasteiger charge is 2.23. The molecular formula is C14H24N4O2. The fraction of sp³-hybridized carbons (Fsp3) is 0.643. The summed E-state index contributed by atoms with van der Waals surface area (Å²) < 4.78 is 0. The third kappa shape index (κ3) is 3.90. The summed E-state index contributed by atoms with van der Waals surface area (Å²) in [7, 11) is 2.04. The third-order valence-electron chi connectivity index (χ3n) is 3.21. The molecule has 1 saturated heterocycles. The van der Waals surface area contributed by atoms with E-state index in [-0.39, 0.29) is 17.4 Å². The number of likely N-dealkylation sites (N-methyl/N-ethyl adjacent to an activating group) is 1. The lowest BCUT2D eigenvalue weighted by atomic mass is 10.2. The summed E-state index contributed by atoms with van der Waals surface area (Å²) in [5, 5.41) is 9.84. The van der Waals surface area contributed by atoms with E-state index < -0.39 is 0 Å². The van der Waals surface area contributed by atoms with E-state index in [1.165, 1.54) is 6.33 Å². The highest BCUT2D eigenvalue weighted by molar-refractivity contribution is 5.95. The average Bonchev–Trinajstić information content (AvgIpc) is 2.68. The zero-order chi connectivity index (χ0) is 15.1. The van der Waals surface area contributed by atoms with Crippen molar-refractivity contribution in [1.82, 2.24) is 19.8 Å². The van der Waals surface area contributed by atoms with E-state index in [1.54, 1.807) is 11.8 Å². The second kappa shape index (κ2) is 7.79. The second-order valence-corrected chi connectivity index (χ2v) is 4.61. The van der Waals surface area contributed by atoms with Crippen molar-refractivity contribution in [3.63, 3.8) is 0 Å². The van der Waals surface area contributed by atoms with Gasteiger partial charge in [0.25, 0.3) is 5.91 Å². The van der Waals surface area contributed by atoms with Gasteiger partial charge < -0.3 is 14.9 Å². The maximum atomic E-state index is 12.3. The molecule has 1 amide bonds. The molecule has 6 heteroatoms. The van der Waals surface area contributed by atoms with E-state index in [4.69, 9.17) is 0 Å². The molecule has 1 aliphatic rings. The molecular weight excluding hydrogens is 256 g/mol. The normalized spacial score (nSPS) is 16.1. The van der Waals surface area contributed by atoms with Crippen molar-refractivity contribution in [2.45, 2.75) is 27.2 Å². The van der Waals surface area contributed by atoms with Crippen LogP contribution in [-0.4, -0.2) is 64.0 Å². The number of hydrogen-bond acceptors (Lipinski definition) is 5. The minimum Gasteiger partial charge on any atom is -0.504 e. The van der Waals surface area contributed by atoms with Crippen molar-refractivity contribution in [2.24, 2.45) is 0 Å². The molecule has 1 aromatic rings. The summed E-state index contributed by atoms with van der Waals surface area (Å²) in [5.74, 6) is -0.326. The number of rotatable bonds is 1. The van der Waals surface area contributed by atoms with Crippen LogP contribution in [0, 0.1) is 6.92 Å². The lowest BCUT2D eigenvalue weighted by molar-refractivity contribution is 0.0753. The van der Waals surface area contributed by atoms with Gasteiger partial charge in [-0.05, 0) is 26.9 Å². The van der Waals surface area contributed by atoms with Gasteiger partial charge in [0.2, 0.25) is 0 Å². The van der Waals surface area contributed by atoms with E-state index in [2.05, 4.69) is 14.9 Å². The van der Waals surface area contributed by atoms with E-state index >= 15 is 0 Å². The highest BCUT2D eigenvalue weighted by atomic mass is 16.3. The number of aryl methyl sites for hydroxylation is 1. The van der Waals surface area contributed by atoms with Crippen LogP contribution in [0.3, 0.4) is 0 Å². The minimum atomic E-state index is -0.215. The largest absolute Gasteiger partial charge is 0.504 e. The number of aromatic hydroxyl groups is 1. The Morgan fingerprint density at radius 2 is 1.90 bits per heavy atom. The number of carbonyl (C=O) groups is 1. The number of hydrogen-bond donors (Lipinski definition) is 1. The topological polar surface area (TPSA) is 69.6 Å². The first kappa shape index (κ1) is 16.4. The van der Waals surface area contributed by atoms with Gasteiger partial charge in [0, 0.05) is 19.6 Å². The van der Waals surface area contributed by atoms with Crippen LogP contribution in [0.4, 0.5) is 0 Å². The fourth-order valence-corrected chi connectivity index (χ4v) is 2.02. The molecule has 6 nitrogen and oxygen atoms in total. The number of amides is 1. The predicted molar refractivity (Wildman–Crippen MR) is 77.8 cm³/mol. The van der Waals surface area contributed by atoms with E-state index in [1.807, 2.05) is 20.9 Å². The van der Waals surface area contributed by atoms with Crippen LogP contribution in [0.15, 0.2) is 6.33 Å². The molecule has 0 unspecified atom stereocenters. The lowest BCUT2D eigenvalue weighted by Crippen LogP contribution is -2.35. The molecule has 1 N–H and O–H groups in total. The molecule has 0 saturated carbocycles. The van der Waals surface area contributed by atoms with Crippen LogP contribution in [0.25, 0.3) is 0 Å². The maximum absolute atomic E-state index is 12.3. The summed E-state index contributed by atoms with van der Waals surface area (Å²) in [5.41, 5.74) is 0.535. The Morgan fingerprint density at radius 3 is 2.60 bits per heavy atom. The summed E-state index contributed by atoms with van der Waals surface area (Å²) in [6.07, 6.45) is 2.25. The van der Waals surface area contributed by atoms with Gasteiger partial charge in [-0.1, -0.05) is 13.8 Å². The summed E-state index contributed by atoms with van der Waals surface area (Å²) in [6, 6.07) is 0.